The van der Waals surface area contributed by atoms with E-state index in [0.717, 1.165) is 45.6 Å². The Morgan fingerprint density at radius 2 is 1.94 bits per heavy atom. The summed E-state index contributed by atoms with van der Waals surface area (Å²) in [5, 5.41) is 8.82. The van der Waals surface area contributed by atoms with Gasteiger partial charge in [-0.05, 0) is 48.9 Å². The Morgan fingerprint density at radius 3 is 2.68 bits per heavy atom. The molecule has 0 aliphatic carbocycles. The largest absolute Gasteiger partial charge is 0.347 e. The van der Waals surface area contributed by atoms with Gasteiger partial charge in [0.2, 0.25) is 0 Å². The molecule has 0 fully saturated rings. The summed E-state index contributed by atoms with van der Waals surface area (Å²) in [5.41, 5.74) is 6.22. The summed E-state index contributed by atoms with van der Waals surface area (Å²) in [7, 11) is 1.85. The number of pyridine rings is 1. The number of aryl methyl sites for hydroxylation is 2. The highest BCUT2D eigenvalue weighted by atomic mass is 16.1. The average Bonchev–Trinajstić information content (AvgIpc) is 3.53. The predicted octanol–water partition coefficient (Wildman–Crippen LogP) is 4.70. The van der Waals surface area contributed by atoms with Crippen LogP contribution in [-0.4, -0.2) is 30.2 Å². The van der Waals surface area contributed by atoms with Crippen molar-refractivity contribution in [3.63, 3.8) is 0 Å². The van der Waals surface area contributed by atoms with Crippen LogP contribution in [0.15, 0.2) is 73.3 Å². The quantitative estimate of drug-likeness (QED) is 0.441. The molecule has 4 aromatic heterocycles. The molecule has 1 amide bonds. The van der Waals surface area contributed by atoms with E-state index in [0.29, 0.717) is 5.69 Å². The van der Waals surface area contributed by atoms with Crippen molar-refractivity contribution >= 4 is 22.6 Å². The van der Waals surface area contributed by atoms with Crippen molar-refractivity contribution < 1.29 is 4.79 Å². The number of aromatic nitrogens is 5. The van der Waals surface area contributed by atoms with E-state index in [2.05, 4.69) is 28.4 Å². The zero-order valence-corrected chi connectivity index (χ0v) is 17.3. The van der Waals surface area contributed by atoms with Crippen LogP contribution in [0.3, 0.4) is 0 Å². The summed E-state index contributed by atoms with van der Waals surface area (Å²) in [5.74, 6) is -0.136. The van der Waals surface area contributed by atoms with Gasteiger partial charge in [-0.1, -0.05) is 12.1 Å². The van der Waals surface area contributed by atoms with Crippen LogP contribution < -0.4 is 5.32 Å². The van der Waals surface area contributed by atoms with Gasteiger partial charge in [0.05, 0.1) is 0 Å². The summed E-state index contributed by atoms with van der Waals surface area (Å²) in [6.45, 7) is 2.85. The fraction of sp³-hybridized carbons (Fsp3) is 0.125. The van der Waals surface area contributed by atoms with Gasteiger partial charge in [0, 0.05) is 60.6 Å². The molecule has 0 aliphatic heterocycles. The average molecular weight is 410 g/mol. The first kappa shape index (κ1) is 18.9. The molecule has 154 valence electrons. The Hall–Kier alpha value is -4.13. The van der Waals surface area contributed by atoms with Gasteiger partial charge in [0.25, 0.3) is 5.91 Å². The van der Waals surface area contributed by atoms with Crippen LogP contribution in [-0.2, 0) is 13.6 Å². The molecule has 7 heteroatoms. The van der Waals surface area contributed by atoms with Crippen molar-refractivity contribution in [1.82, 2.24) is 24.3 Å². The number of hydrogen-bond acceptors (Lipinski definition) is 3. The van der Waals surface area contributed by atoms with Crippen molar-refractivity contribution in [2.24, 2.45) is 7.05 Å². The molecule has 0 spiro atoms. The summed E-state index contributed by atoms with van der Waals surface area (Å²) < 4.78 is 3.73. The molecule has 5 aromatic rings. The predicted molar refractivity (Wildman–Crippen MR) is 122 cm³/mol. The second kappa shape index (κ2) is 7.60. The summed E-state index contributed by atoms with van der Waals surface area (Å²) >= 11 is 0. The van der Waals surface area contributed by atoms with E-state index in [1.165, 1.54) is 0 Å². The molecule has 0 aliphatic rings. The number of amides is 1. The van der Waals surface area contributed by atoms with Gasteiger partial charge in [-0.3, -0.25) is 9.48 Å². The Kier molecular flexibility index (Phi) is 4.63. The third-order valence-electron chi connectivity index (χ3n) is 5.43. The zero-order valence-electron chi connectivity index (χ0n) is 17.3. The summed E-state index contributed by atoms with van der Waals surface area (Å²) in [6, 6.07) is 15.5. The molecule has 1 aromatic carbocycles. The lowest BCUT2D eigenvalue weighted by Crippen LogP contribution is -2.15. The maximum atomic E-state index is 12.5. The molecular formula is C24H22N6O. The van der Waals surface area contributed by atoms with Gasteiger partial charge in [-0.25, -0.2) is 4.98 Å². The third kappa shape index (κ3) is 3.40. The summed E-state index contributed by atoms with van der Waals surface area (Å²) in [6.07, 6.45) is 7.63. The number of H-pyrrole nitrogens is 1. The molecule has 31 heavy (non-hydrogen) atoms. The van der Waals surface area contributed by atoms with Crippen LogP contribution in [0.5, 0.6) is 0 Å². The second-order valence-corrected chi connectivity index (χ2v) is 7.38. The maximum Gasteiger partial charge on any atom is 0.272 e. The third-order valence-corrected chi connectivity index (χ3v) is 5.43. The Bertz CT molecular complexity index is 1370. The number of anilines is 1. The molecule has 0 radical (unpaired) electrons. The maximum absolute atomic E-state index is 12.5. The molecule has 0 bridgehead atoms. The van der Waals surface area contributed by atoms with Crippen LogP contribution >= 0.6 is 0 Å². The second-order valence-electron chi connectivity index (χ2n) is 7.38. The Labute approximate surface area is 179 Å². The Balaban J connectivity index is 1.49. The van der Waals surface area contributed by atoms with Gasteiger partial charge >= 0.3 is 0 Å². The summed E-state index contributed by atoms with van der Waals surface area (Å²) in [4.78, 5) is 20.0. The zero-order chi connectivity index (χ0) is 21.4. The topological polar surface area (TPSA) is 80.5 Å². The highest BCUT2D eigenvalue weighted by Gasteiger charge is 2.16. The lowest BCUT2D eigenvalue weighted by Gasteiger charge is -2.08. The van der Waals surface area contributed by atoms with E-state index in [1.54, 1.807) is 10.6 Å². The van der Waals surface area contributed by atoms with E-state index in [1.807, 2.05) is 72.8 Å². The smallest absolute Gasteiger partial charge is 0.272 e. The van der Waals surface area contributed by atoms with Crippen LogP contribution in [0, 0.1) is 0 Å². The van der Waals surface area contributed by atoms with Crippen LogP contribution in [0.2, 0.25) is 0 Å². The van der Waals surface area contributed by atoms with Crippen molar-refractivity contribution in [1.29, 1.82) is 0 Å². The number of hydrogen-bond donors (Lipinski definition) is 2. The minimum atomic E-state index is -0.136. The molecule has 0 atom stereocenters. The van der Waals surface area contributed by atoms with Gasteiger partial charge in [0.15, 0.2) is 0 Å². The number of aromatic amines is 1. The number of nitrogens with zero attached hydrogens (tertiary/aromatic N) is 4. The van der Waals surface area contributed by atoms with Crippen LogP contribution in [0.1, 0.15) is 17.4 Å². The molecule has 5 rings (SSSR count). The molecule has 0 saturated carbocycles. The Morgan fingerprint density at radius 1 is 1.10 bits per heavy atom. The highest BCUT2D eigenvalue weighted by Crippen LogP contribution is 2.35. The first-order valence-electron chi connectivity index (χ1n) is 10.2. The van der Waals surface area contributed by atoms with E-state index in [9.17, 15) is 4.79 Å². The van der Waals surface area contributed by atoms with Crippen molar-refractivity contribution in [2.75, 3.05) is 5.32 Å². The highest BCUT2D eigenvalue weighted by molar-refractivity contribution is 6.03. The van der Waals surface area contributed by atoms with E-state index in [4.69, 9.17) is 5.10 Å². The first-order valence-corrected chi connectivity index (χ1v) is 10.2. The number of rotatable bonds is 5. The van der Waals surface area contributed by atoms with E-state index >= 15 is 0 Å². The normalized spacial score (nSPS) is 11.2. The lowest BCUT2D eigenvalue weighted by molar-refractivity contribution is 0.101. The van der Waals surface area contributed by atoms with E-state index < -0.39 is 0 Å². The SMILES string of the molecule is CCn1cc(-c2ccnc3[nH]ccc23)c(-c2ccc(NC(=O)c3cccn3C)cc2)n1. The fourth-order valence-corrected chi connectivity index (χ4v) is 3.79. The van der Waals surface area contributed by atoms with Gasteiger partial charge in [0.1, 0.15) is 17.0 Å². The number of carbonyl (C=O) groups is 1. The molecule has 0 unspecified atom stereocenters. The molecular weight excluding hydrogens is 388 g/mol. The number of fused-ring (bicyclic) bond motifs is 1. The van der Waals surface area contributed by atoms with Crippen molar-refractivity contribution in [3.05, 3.63) is 79.0 Å². The standard InChI is InChI=1S/C24H22N6O/c1-3-30-15-20(18-10-12-25-23-19(18)11-13-26-23)22(28-30)16-6-8-17(9-7-16)27-24(31)21-5-4-14-29(21)2/h4-15H,3H2,1-2H3,(H,25,26)(H,27,31). The van der Waals surface area contributed by atoms with Crippen LogP contribution in [0.4, 0.5) is 5.69 Å². The lowest BCUT2D eigenvalue weighted by atomic mass is 10.0. The van der Waals surface area contributed by atoms with Gasteiger partial charge in [-0.2, -0.15) is 5.10 Å². The molecule has 2 N–H and O–H groups in total. The minimum absolute atomic E-state index is 0.136. The van der Waals surface area contributed by atoms with Crippen molar-refractivity contribution in [3.8, 4) is 22.4 Å². The number of benzene rings is 1. The molecule has 7 nitrogen and oxygen atoms in total. The molecule has 0 saturated heterocycles. The van der Waals surface area contributed by atoms with E-state index in [-0.39, 0.29) is 5.91 Å². The minimum Gasteiger partial charge on any atom is -0.347 e. The van der Waals surface area contributed by atoms with Crippen molar-refractivity contribution in [2.45, 2.75) is 13.5 Å². The van der Waals surface area contributed by atoms with Gasteiger partial charge in [-0.15, -0.1) is 0 Å². The van der Waals surface area contributed by atoms with Gasteiger partial charge < -0.3 is 14.9 Å². The monoisotopic (exact) mass is 410 g/mol. The number of nitrogens with one attached hydrogen (secondary N) is 2. The first-order chi connectivity index (χ1) is 15.1. The number of carbonyl (C=O) groups excluding carboxylic acids is 1. The molecule has 4 heterocycles. The fourth-order valence-electron chi connectivity index (χ4n) is 3.79. The van der Waals surface area contributed by atoms with Crippen LogP contribution in [0.25, 0.3) is 33.4 Å².